The van der Waals surface area contributed by atoms with Crippen molar-refractivity contribution in [3.8, 4) is 17.2 Å². The maximum atomic E-state index is 9.41. The first-order valence-corrected chi connectivity index (χ1v) is 6.48. The van der Waals surface area contributed by atoms with Gasteiger partial charge in [-0.15, -0.1) is 0 Å². The van der Waals surface area contributed by atoms with E-state index in [1.54, 1.807) is 18.3 Å². The number of hydrogen-bond donors (Lipinski definition) is 1. The quantitative estimate of drug-likeness (QED) is 0.900. The van der Waals surface area contributed by atoms with Gasteiger partial charge >= 0.3 is 0 Å². The molecule has 1 aliphatic heterocycles. The van der Waals surface area contributed by atoms with Crippen LogP contribution in [0.3, 0.4) is 0 Å². The van der Waals surface area contributed by atoms with Gasteiger partial charge < -0.3 is 23.9 Å². The maximum absolute atomic E-state index is 9.41. The van der Waals surface area contributed by atoms with Crippen molar-refractivity contribution in [1.82, 2.24) is 9.55 Å². The third-order valence-corrected chi connectivity index (χ3v) is 3.23. The lowest BCUT2D eigenvalue weighted by molar-refractivity contribution is 0.173. The van der Waals surface area contributed by atoms with Gasteiger partial charge in [0, 0.05) is 30.6 Å². The summed E-state index contributed by atoms with van der Waals surface area (Å²) in [5.41, 5.74) is 0.670. The molecule has 0 amide bonds. The summed E-state index contributed by atoms with van der Waals surface area (Å²) in [6.07, 6.45) is 3.65. The maximum Gasteiger partial charge on any atom is 0.231 e. The predicted octanol–water partition coefficient (Wildman–Crippen LogP) is 1.70. The van der Waals surface area contributed by atoms with Crippen molar-refractivity contribution < 1.29 is 19.3 Å². The Balaban J connectivity index is 1.80. The zero-order valence-corrected chi connectivity index (χ0v) is 11.2. The molecule has 6 heteroatoms. The van der Waals surface area contributed by atoms with Crippen LogP contribution in [0.4, 0.5) is 0 Å². The van der Waals surface area contributed by atoms with E-state index in [9.17, 15) is 5.11 Å². The van der Waals surface area contributed by atoms with Gasteiger partial charge in [0.1, 0.15) is 18.2 Å². The molecule has 0 spiro atoms. The lowest BCUT2D eigenvalue weighted by Gasteiger charge is -2.11. The van der Waals surface area contributed by atoms with E-state index < -0.39 is 0 Å². The van der Waals surface area contributed by atoms with E-state index >= 15 is 0 Å². The van der Waals surface area contributed by atoms with Crippen LogP contribution >= 0.6 is 0 Å². The van der Waals surface area contributed by atoms with Gasteiger partial charge in [-0.25, -0.2) is 4.98 Å². The highest BCUT2D eigenvalue weighted by atomic mass is 16.7. The molecular weight excluding hydrogens is 260 g/mol. The smallest absolute Gasteiger partial charge is 0.231 e. The third kappa shape index (κ3) is 2.30. The Hall–Kier alpha value is -2.21. The van der Waals surface area contributed by atoms with Gasteiger partial charge in [-0.1, -0.05) is 0 Å². The number of nitrogens with zero attached hydrogens (tertiary/aromatic N) is 2. The second kappa shape index (κ2) is 5.42. The second-order valence-electron chi connectivity index (χ2n) is 4.39. The predicted molar refractivity (Wildman–Crippen MR) is 70.7 cm³/mol. The molecule has 106 valence electrons. The Morgan fingerprint density at radius 2 is 2.15 bits per heavy atom. The summed E-state index contributed by atoms with van der Waals surface area (Å²) in [7, 11) is 0. The van der Waals surface area contributed by atoms with E-state index in [4.69, 9.17) is 14.2 Å². The van der Waals surface area contributed by atoms with Gasteiger partial charge in [-0.05, 0) is 13.0 Å². The van der Waals surface area contributed by atoms with Crippen molar-refractivity contribution >= 4 is 0 Å². The van der Waals surface area contributed by atoms with Crippen LogP contribution in [0.15, 0.2) is 24.5 Å². The molecule has 0 fully saturated rings. The molecule has 0 atom stereocenters. The standard InChI is InChI=1S/C14H16N2O4/c1-2-16-4-3-15-14(16)8-18-11-6-13-12(19-9-20-13)5-10(11)7-17/h3-6,17H,2,7-9H2,1H3. The average molecular weight is 276 g/mol. The summed E-state index contributed by atoms with van der Waals surface area (Å²) in [5, 5.41) is 9.41. The van der Waals surface area contributed by atoms with Crippen molar-refractivity contribution in [3.63, 3.8) is 0 Å². The van der Waals surface area contributed by atoms with E-state index in [0.29, 0.717) is 29.4 Å². The Bertz CT molecular complexity index is 609. The van der Waals surface area contributed by atoms with Gasteiger partial charge in [0.2, 0.25) is 6.79 Å². The van der Waals surface area contributed by atoms with E-state index in [1.165, 1.54) is 0 Å². The van der Waals surface area contributed by atoms with E-state index in [0.717, 1.165) is 12.4 Å². The summed E-state index contributed by atoms with van der Waals surface area (Å²) in [6.45, 7) is 3.31. The van der Waals surface area contributed by atoms with Crippen molar-refractivity contribution in [2.24, 2.45) is 0 Å². The zero-order chi connectivity index (χ0) is 13.9. The van der Waals surface area contributed by atoms with Crippen LogP contribution in [0.25, 0.3) is 0 Å². The van der Waals surface area contributed by atoms with E-state index in [2.05, 4.69) is 4.98 Å². The van der Waals surface area contributed by atoms with E-state index in [1.807, 2.05) is 17.7 Å². The minimum atomic E-state index is -0.117. The third-order valence-electron chi connectivity index (χ3n) is 3.23. The molecule has 6 nitrogen and oxygen atoms in total. The molecule has 2 aromatic rings. The molecule has 0 saturated heterocycles. The lowest BCUT2D eigenvalue weighted by atomic mass is 10.2. The fourth-order valence-electron chi connectivity index (χ4n) is 2.13. The topological polar surface area (TPSA) is 65.7 Å². The van der Waals surface area contributed by atoms with Crippen LogP contribution in [-0.4, -0.2) is 21.5 Å². The molecule has 0 bridgehead atoms. The Labute approximate surface area is 116 Å². The minimum absolute atomic E-state index is 0.117. The molecule has 3 rings (SSSR count). The molecule has 0 radical (unpaired) electrons. The summed E-state index contributed by atoms with van der Waals surface area (Å²) in [6, 6.07) is 3.48. The normalized spacial score (nSPS) is 12.7. The second-order valence-corrected chi connectivity index (χ2v) is 4.39. The first-order valence-electron chi connectivity index (χ1n) is 6.48. The highest BCUT2D eigenvalue weighted by molar-refractivity contribution is 5.51. The summed E-state index contributed by atoms with van der Waals surface area (Å²) in [4.78, 5) is 4.25. The molecule has 0 unspecified atom stereocenters. The van der Waals surface area contributed by atoms with Gasteiger partial charge in [-0.3, -0.25) is 0 Å². The number of rotatable bonds is 5. The van der Waals surface area contributed by atoms with Crippen LogP contribution in [0, 0.1) is 0 Å². The Morgan fingerprint density at radius 1 is 1.35 bits per heavy atom. The van der Waals surface area contributed by atoms with Gasteiger partial charge in [-0.2, -0.15) is 0 Å². The van der Waals surface area contributed by atoms with Crippen LogP contribution < -0.4 is 14.2 Å². The highest BCUT2D eigenvalue weighted by Crippen LogP contribution is 2.38. The molecule has 1 aliphatic rings. The molecular formula is C14H16N2O4. The van der Waals surface area contributed by atoms with Crippen molar-refractivity contribution in [3.05, 3.63) is 35.9 Å². The number of ether oxygens (including phenoxy) is 3. The number of aliphatic hydroxyl groups excluding tert-OH is 1. The highest BCUT2D eigenvalue weighted by Gasteiger charge is 2.18. The fraction of sp³-hybridized carbons (Fsp3) is 0.357. The van der Waals surface area contributed by atoms with Crippen LogP contribution in [0.2, 0.25) is 0 Å². The van der Waals surface area contributed by atoms with Gasteiger partial charge in [0.15, 0.2) is 11.5 Å². The summed E-state index contributed by atoms with van der Waals surface area (Å²) >= 11 is 0. The molecule has 2 heterocycles. The number of aliphatic hydroxyl groups is 1. The molecule has 1 aromatic carbocycles. The number of hydrogen-bond acceptors (Lipinski definition) is 5. The monoisotopic (exact) mass is 276 g/mol. The minimum Gasteiger partial charge on any atom is -0.485 e. The number of fused-ring (bicyclic) bond motifs is 1. The zero-order valence-electron chi connectivity index (χ0n) is 11.2. The van der Waals surface area contributed by atoms with Crippen molar-refractivity contribution in [1.29, 1.82) is 0 Å². The summed E-state index contributed by atoms with van der Waals surface area (Å²) < 4.78 is 18.4. The van der Waals surface area contributed by atoms with Crippen LogP contribution in [0.5, 0.6) is 17.2 Å². The van der Waals surface area contributed by atoms with Crippen LogP contribution in [0.1, 0.15) is 18.3 Å². The lowest BCUT2D eigenvalue weighted by Crippen LogP contribution is -2.06. The van der Waals surface area contributed by atoms with Crippen LogP contribution in [-0.2, 0) is 19.8 Å². The number of aryl methyl sites for hydroxylation is 1. The molecule has 20 heavy (non-hydrogen) atoms. The number of imidazole rings is 1. The molecule has 0 saturated carbocycles. The molecule has 0 aliphatic carbocycles. The van der Waals surface area contributed by atoms with Crippen molar-refractivity contribution in [2.75, 3.05) is 6.79 Å². The number of aromatic nitrogens is 2. The first kappa shape index (κ1) is 12.8. The Morgan fingerprint density at radius 3 is 2.90 bits per heavy atom. The SMILES string of the molecule is CCn1ccnc1COc1cc2c(cc1CO)OCO2. The Kier molecular flexibility index (Phi) is 3.47. The molecule has 1 aromatic heterocycles. The summed E-state index contributed by atoms with van der Waals surface area (Å²) in [5.74, 6) is 2.70. The fourth-order valence-corrected chi connectivity index (χ4v) is 2.13. The van der Waals surface area contributed by atoms with Crippen molar-refractivity contribution in [2.45, 2.75) is 26.7 Å². The van der Waals surface area contributed by atoms with Gasteiger partial charge in [0.05, 0.1) is 6.61 Å². The largest absolute Gasteiger partial charge is 0.485 e. The first-order chi connectivity index (χ1) is 9.81. The molecule has 1 N–H and O–H groups in total. The van der Waals surface area contributed by atoms with E-state index in [-0.39, 0.29) is 13.4 Å². The van der Waals surface area contributed by atoms with Gasteiger partial charge in [0.25, 0.3) is 0 Å². The average Bonchev–Trinajstić information content (AvgIpc) is 3.11. The number of benzene rings is 1.